The molecule has 4 heterocycles. The molecule has 1 unspecified atom stereocenters. The van der Waals surface area contributed by atoms with Crippen LogP contribution in [0.5, 0.6) is 0 Å². The van der Waals surface area contributed by atoms with Crippen molar-refractivity contribution in [3.05, 3.63) is 48.0 Å². The van der Waals surface area contributed by atoms with Crippen LogP contribution >= 0.6 is 0 Å². The van der Waals surface area contributed by atoms with E-state index in [1.54, 1.807) is 18.6 Å². The van der Waals surface area contributed by atoms with Crippen molar-refractivity contribution >= 4 is 11.9 Å². The van der Waals surface area contributed by atoms with E-state index in [9.17, 15) is 4.79 Å². The first-order valence-corrected chi connectivity index (χ1v) is 9.25. The lowest BCUT2D eigenvalue weighted by Gasteiger charge is -2.34. The third kappa shape index (κ3) is 3.83. The second-order valence-corrected chi connectivity index (χ2v) is 6.97. The first-order chi connectivity index (χ1) is 12.8. The highest BCUT2D eigenvalue weighted by atomic mass is 16.2. The maximum absolute atomic E-state index is 12.9. The van der Waals surface area contributed by atoms with Crippen molar-refractivity contribution in [2.24, 2.45) is 5.92 Å². The van der Waals surface area contributed by atoms with E-state index in [0.29, 0.717) is 24.6 Å². The van der Waals surface area contributed by atoms with E-state index in [4.69, 9.17) is 0 Å². The second kappa shape index (κ2) is 7.78. The highest BCUT2D eigenvalue weighted by Gasteiger charge is 2.24. The molecule has 0 radical (unpaired) electrons. The number of carbonyl (C=O) groups is 1. The van der Waals surface area contributed by atoms with Gasteiger partial charge >= 0.3 is 0 Å². The van der Waals surface area contributed by atoms with Crippen LogP contribution < -0.4 is 10.2 Å². The predicted molar refractivity (Wildman–Crippen MR) is 99.1 cm³/mol. The van der Waals surface area contributed by atoms with Gasteiger partial charge in [0.2, 0.25) is 5.95 Å². The number of hydrogen-bond donors (Lipinski definition) is 1. The minimum atomic E-state index is 0.0672. The minimum absolute atomic E-state index is 0.0672. The Bertz CT molecular complexity index is 739. The van der Waals surface area contributed by atoms with Crippen molar-refractivity contribution in [1.82, 2.24) is 25.2 Å². The van der Waals surface area contributed by atoms with Crippen LogP contribution in [-0.4, -0.2) is 65.0 Å². The van der Waals surface area contributed by atoms with Crippen LogP contribution in [0.25, 0.3) is 0 Å². The van der Waals surface area contributed by atoms with E-state index in [2.05, 4.69) is 25.2 Å². The molecule has 2 aliphatic rings. The minimum Gasteiger partial charge on any atom is -0.337 e. The molecule has 136 valence electrons. The fraction of sp³-hybridized carbons (Fsp3) is 0.474. The standard InChI is InChI=1S/C19H24N6O/c26-18(17-11-16(13-21-14-17)10-15-2-5-20-12-15)24-6-8-25(9-7-24)19-22-3-1-4-23-19/h1,3-4,11,13-15,20H,2,5-10,12H2. The van der Waals surface area contributed by atoms with Gasteiger partial charge in [0.25, 0.3) is 5.91 Å². The summed E-state index contributed by atoms with van der Waals surface area (Å²) in [6.45, 7) is 4.99. The van der Waals surface area contributed by atoms with Crippen LogP contribution in [0.3, 0.4) is 0 Å². The number of nitrogens with one attached hydrogen (secondary N) is 1. The van der Waals surface area contributed by atoms with E-state index in [0.717, 1.165) is 44.1 Å². The van der Waals surface area contributed by atoms with Crippen LogP contribution in [0.4, 0.5) is 5.95 Å². The van der Waals surface area contributed by atoms with Gasteiger partial charge in [-0.2, -0.15) is 0 Å². The molecule has 0 saturated carbocycles. The Hall–Kier alpha value is -2.54. The van der Waals surface area contributed by atoms with Gasteiger partial charge in [-0.3, -0.25) is 9.78 Å². The number of nitrogens with zero attached hydrogens (tertiary/aromatic N) is 5. The molecule has 2 aromatic heterocycles. The third-order valence-corrected chi connectivity index (χ3v) is 5.13. The van der Waals surface area contributed by atoms with Gasteiger partial charge in [-0.05, 0) is 49.5 Å². The summed E-state index contributed by atoms with van der Waals surface area (Å²) in [6.07, 6.45) is 9.25. The Morgan fingerprint density at radius 1 is 1.15 bits per heavy atom. The average molecular weight is 352 g/mol. The summed E-state index contributed by atoms with van der Waals surface area (Å²) in [4.78, 5) is 29.8. The summed E-state index contributed by atoms with van der Waals surface area (Å²) in [5, 5.41) is 3.39. The maximum Gasteiger partial charge on any atom is 0.255 e. The molecule has 2 aromatic rings. The molecule has 1 amide bonds. The number of piperazine rings is 1. The fourth-order valence-electron chi connectivity index (χ4n) is 3.68. The van der Waals surface area contributed by atoms with Crippen molar-refractivity contribution in [2.45, 2.75) is 12.8 Å². The van der Waals surface area contributed by atoms with Gasteiger partial charge in [-0.1, -0.05) is 0 Å². The third-order valence-electron chi connectivity index (χ3n) is 5.13. The number of anilines is 1. The molecule has 0 bridgehead atoms. The fourth-order valence-corrected chi connectivity index (χ4v) is 3.68. The van der Waals surface area contributed by atoms with Gasteiger partial charge in [0.05, 0.1) is 5.56 Å². The number of carbonyl (C=O) groups excluding carboxylic acids is 1. The quantitative estimate of drug-likeness (QED) is 0.884. The lowest BCUT2D eigenvalue weighted by Crippen LogP contribution is -2.49. The predicted octanol–water partition coefficient (Wildman–Crippen LogP) is 0.986. The van der Waals surface area contributed by atoms with Crippen LogP contribution in [0.1, 0.15) is 22.3 Å². The molecule has 2 saturated heterocycles. The average Bonchev–Trinajstić information content (AvgIpc) is 3.21. The van der Waals surface area contributed by atoms with Crippen LogP contribution in [-0.2, 0) is 6.42 Å². The molecule has 2 aliphatic heterocycles. The van der Waals surface area contributed by atoms with E-state index in [1.807, 2.05) is 23.2 Å². The first-order valence-electron chi connectivity index (χ1n) is 9.25. The Kier molecular flexibility index (Phi) is 5.06. The number of amides is 1. The second-order valence-electron chi connectivity index (χ2n) is 6.97. The molecule has 0 spiro atoms. The zero-order valence-corrected chi connectivity index (χ0v) is 14.8. The van der Waals surface area contributed by atoms with Crippen molar-refractivity contribution in [3.63, 3.8) is 0 Å². The first kappa shape index (κ1) is 16.9. The molecule has 7 heteroatoms. The van der Waals surface area contributed by atoms with Crippen LogP contribution in [0.15, 0.2) is 36.9 Å². The van der Waals surface area contributed by atoms with Crippen molar-refractivity contribution in [1.29, 1.82) is 0 Å². The lowest BCUT2D eigenvalue weighted by atomic mass is 9.99. The molecule has 0 aromatic carbocycles. The Morgan fingerprint density at radius 2 is 1.96 bits per heavy atom. The number of pyridine rings is 1. The maximum atomic E-state index is 12.9. The Morgan fingerprint density at radius 3 is 2.69 bits per heavy atom. The van der Waals surface area contributed by atoms with Gasteiger partial charge in [0.15, 0.2) is 0 Å². The van der Waals surface area contributed by atoms with Gasteiger partial charge in [0, 0.05) is 51.0 Å². The van der Waals surface area contributed by atoms with Gasteiger partial charge < -0.3 is 15.1 Å². The zero-order chi connectivity index (χ0) is 17.8. The monoisotopic (exact) mass is 352 g/mol. The van der Waals surface area contributed by atoms with E-state index in [1.165, 1.54) is 6.42 Å². The molecule has 0 aliphatic carbocycles. The van der Waals surface area contributed by atoms with Crippen molar-refractivity contribution in [2.75, 3.05) is 44.2 Å². The number of hydrogen-bond acceptors (Lipinski definition) is 6. The largest absolute Gasteiger partial charge is 0.337 e. The van der Waals surface area contributed by atoms with Gasteiger partial charge in [0.1, 0.15) is 0 Å². The molecular formula is C19H24N6O. The van der Waals surface area contributed by atoms with Gasteiger partial charge in [-0.25, -0.2) is 9.97 Å². The van der Waals surface area contributed by atoms with E-state index in [-0.39, 0.29) is 5.91 Å². The molecule has 26 heavy (non-hydrogen) atoms. The summed E-state index contributed by atoms with van der Waals surface area (Å²) >= 11 is 0. The lowest BCUT2D eigenvalue weighted by molar-refractivity contribution is 0.0745. The molecule has 4 rings (SSSR count). The topological polar surface area (TPSA) is 74.2 Å². The molecule has 1 N–H and O–H groups in total. The smallest absolute Gasteiger partial charge is 0.255 e. The Balaban J connectivity index is 1.37. The summed E-state index contributed by atoms with van der Waals surface area (Å²) in [6, 6.07) is 3.82. The SMILES string of the molecule is O=C(c1cncc(CC2CCNC2)c1)N1CCN(c2ncccn2)CC1. The van der Waals surface area contributed by atoms with Gasteiger partial charge in [-0.15, -0.1) is 0 Å². The van der Waals surface area contributed by atoms with E-state index < -0.39 is 0 Å². The molecule has 1 atom stereocenters. The summed E-state index contributed by atoms with van der Waals surface area (Å²) in [5.74, 6) is 1.45. The number of aromatic nitrogens is 3. The van der Waals surface area contributed by atoms with E-state index >= 15 is 0 Å². The highest BCUT2D eigenvalue weighted by molar-refractivity contribution is 5.94. The normalized spacial score (nSPS) is 20.4. The molecular weight excluding hydrogens is 328 g/mol. The summed E-state index contributed by atoms with van der Waals surface area (Å²) in [7, 11) is 0. The zero-order valence-electron chi connectivity index (χ0n) is 14.8. The van der Waals surface area contributed by atoms with Crippen LogP contribution in [0.2, 0.25) is 0 Å². The molecule has 2 fully saturated rings. The summed E-state index contributed by atoms with van der Waals surface area (Å²) < 4.78 is 0. The summed E-state index contributed by atoms with van der Waals surface area (Å²) in [5.41, 5.74) is 1.85. The van der Waals surface area contributed by atoms with Crippen LogP contribution in [0, 0.1) is 5.92 Å². The highest BCUT2D eigenvalue weighted by Crippen LogP contribution is 2.17. The van der Waals surface area contributed by atoms with Crippen molar-refractivity contribution in [3.8, 4) is 0 Å². The number of rotatable bonds is 4. The molecule has 7 nitrogen and oxygen atoms in total. The Labute approximate surface area is 153 Å². The van der Waals surface area contributed by atoms with Crippen molar-refractivity contribution < 1.29 is 4.79 Å².